The quantitative estimate of drug-likeness (QED) is 0.0444. The second-order valence-electron chi connectivity index (χ2n) is 17.3. The molecule has 4 aromatic rings. The summed E-state index contributed by atoms with van der Waals surface area (Å²) in [6.07, 6.45) is -1.24. The minimum Gasteiger partial charge on any atom is -0.481 e. The molecule has 0 fully saturated rings. The number of ketones is 1. The van der Waals surface area contributed by atoms with Gasteiger partial charge < -0.3 is 51.4 Å². The number of primary amides is 1. The number of alkyl carbamates (subject to hydrolysis) is 1. The van der Waals surface area contributed by atoms with Gasteiger partial charge in [0.25, 0.3) is 0 Å². The van der Waals surface area contributed by atoms with Crippen LogP contribution in [0.15, 0.2) is 91.1 Å². The van der Waals surface area contributed by atoms with Crippen molar-refractivity contribution in [3.05, 3.63) is 120 Å². The van der Waals surface area contributed by atoms with Crippen LogP contribution in [-0.4, -0.2) is 105 Å². The number of Topliss-reactive ketones (excluding diaryl/α,β-unsaturated/α-hetero) is 1. The molecular formula is C49H59F2N7O11. The molecule has 8 N–H and O–H groups in total. The molecule has 0 bridgehead atoms. The van der Waals surface area contributed by atoms with E-state index < -0.39 is 102 Å². The molecule has 0 aliphatic rings. The monoisotopic (exact) mass is 959 g/mol. The van der Waals surface area contributed by atoms with Gasteiger partial charge in [-0.3, -0.25) is 33.6 Å². The molecule has 0 unspecified atom stereocenters. The lowest BCUT2D eigenvalue weighted by molar-refractivity contribution is -0.140. The predicted molar refractivity (Wildman–Crippen MR) is 247 cm³/mol. The number of benzene rings is 3. The number of ether oxygens (including phenoxy) is 1. The Balaban J connectivity index is 1.65. The molecule has 0 saturated heterocycles. The largest absolute Gasteiger partial charge is 0.481 e. The van der Waals surface area contributed by atoms with Crippen LogP contribution in [0.4, 0.5) is 13.6 Å². The third-order valence-corrected chi connectivity index (χ3v) is 10.7. The van der Waals surface area contributed by atoms with Crippen LogP contribution < -0.4 is 27.0 Å². The van der Waals surface area contributed by atoms with Crippen molar-refractivity contribution in [2.24, 2.45) is 11.1 Å². The third kappa shape index (κ3) is 17.6. The Morgan fingerprint density at radius 2 is 1.48 bits per heavy atom. The van der Waals surface area contributed by atoms with Crippen LogP contribution in [-0.2, 0) is 51.5 Å². The number of rotatable bonds is 26. The van der Waals surface area contributed by atoms with Gasteiger partial charge >= 0.3 is 12.1 Å². The zero-order chi connectivity index (χ0) is 50.7. The van der Waals surface area contributed by atoms with Crippen LogP contribution >= 0.6 is 0 Å². The number of halogens is 2. The lowest BCUT2D eigenvalue weighted by atomic mass is 9.82. The standard InChI is InChI=1S/C49H59F2N7O11/c1-49(2,3)45(40-23-33(36-24-34(50)16-17-37(36)51)28-57(40)27-31-11-6-4-7-12-31)58(43(63)29-59)22-20-38(46(66)53-21-10-15-35(60)26-54-42(62)18-19-44(64)65)55-47(67)39(25-41(52)61)56-48(68)69-30-32-13-8-5-9-14-32/h4-9,11-14,16-17,23-24,28,38-39,45,59H,10,15,18-22,25-27,29-30H2,1-3H3,(H2,52,61)(H,53,66)(H,54,62)(H,55,67)(H,56,68)(H,64,65)/t38-,39-,45-/m0/s1. The minimum absolute atomic E-state index is 0.0412. The molecule has 1 aromatic heterocycles. The zero-order valence-electron chi connectivity index (χ0n) is 38.7. The Hall–Kier alpha value is -7.48. The Bertz CT molecular complexity index is 2430. The Morgan fingerprint density at radius 1 is 0.812 bits per heavy atom. The fourth-order valence-electron chi connectivity index (χ4n) is 7.44. The van der Waals surface area contributed by atoms with E-state index >= 15 is 4.39 Å². The highest BCUT2D eigenvalue weighted by Gasteiger charge is 2.38. The average molecular weight is 960 g/mol. The summed E-state index contributed by atoms with van der Waals surface area (Å²) in [5, 5.41) is 29.0. The number of carbonyl (C=O) groups excluding carboxylic acids is 7. The van der Waals surface area contributed by atoms with Gasteiger partial charge in [-0.25, -0.2) is 13.6 Å². The number of hydrogen-bond donors (Lipinski definition) is 7. The summed E-state index contributed by atoms with van der Waals surface area (Å²) < 4.78 is 36.9. The Labute approximate surface area is 397 Å². The number of aliphatic carboxylic acids is 1. The predicted octanol–water partition coefficient (Wildman–Crippen LogP) is 3.88. The topological polar surface area (TPSA) is 269 Å². The van der Waals surface area contributed by atoms with Crippen LogP contribution in [0, 0.1) is 17.0 Å². The van der Waals surface area contributed by atoms with E-state index in [1.54, 1.807) is 47.2 Å². The number of carbonyl (C=O) groups is 8. The van der Waals surface area contributed by atoms with Crippen molar-refractivity contribution < 1.29 is 62.1 Å². The first-order valence-electron chi connectivity index (χ1n) is 22.2. The van der Waals surface area contributed by atoms with Crippen LogP contribution in [0.3, 0.4) is 0 Å². The number of carboxylic acids is 1. The maximum atomic E-state index is 15.3. The van der Waals surface area contributed by atoms with Crippen LogP contribution in [0.25, 0.3) is 11.1 Å². The normalized spacial score (nSPS) is 12.4. The van der Waals surface area contributed by atoms with E-state index in [2.05, 4.69) is 21.3 Å². The van der Waals surface area contributed by atoms with Gasteiger partial charge in [0.2, 0.25) is 29.5 Å². The Morgan fingerprint density at radius 3 is 2.10 bits per heavy atom. The molecule has 69 heavy (non-hydrogen) atoms. The van der Waals surface area contributed by atoms with Crippen molar-refractivity contribution in [2.75, 3.05) is 26.2 Å². The molecule has 4 rings (SSSR count). The maximum absolute atomic E-state index is 15.3. The highest BCUT2D eigenvalue weighted by molar-refractivity contribution is 5.94. The number of aromatic nitrogens is 1. The second-order valence-corrected chi connectivity index (χ2v) is 17.3. The average Bonchev–Trinajstić information content (AvgIpc) is 3.71. The van der Waals surface area contributed by atoms with Gasteiger partial charge in [0.15, 0.2) is 5.78 Å². The summed E-state index contributed by atoms with van der Waals surface area (Å²) in [4.78, 5) is 103. The highest BCUT2D eigenvalue weighted by atomic mass is 19.1. The smallest absolute Gasteiger partial charge is 0.408 e. The molecular weight excluding hydrogens is 901 g/mol. The van der Waals surface area contributed by atoms with E-state index in [4.69, 9.17) is 15.6 Å². The fraction of sp³-hybridized carbons (Fsp3) is 0.388. The first-order valence-corrected chi connectivity index (χ1v) is 22.2. The summed E-state index contributed by atoms with van der Waals surface area (Å²) >= 11 is 0. The molecule has 3 atom stereocenters. The highest BCUT2D eigenvalue weighted by Crippen LogP contribution is 2.41. The molecule has 0 saturated carbocycles. The van der Waals surface area contributed by atoms with E-state index in [0.717, 1.165) is 23.8 Å². The molecule has 0 radical (unpaired) electrons. The summed E-state index contributed by atoms with van der Waals surface area (Å²) in [5.41, 5.74) is 6.77. The molecule has 0 aliphatic heterocycles. The van der Waals surface area contributed by atoms with Gasteiger partial charge in [0.05, 0.1) is 25.4 Å². The SMILES string of the molecule is CC(C)(C)[C@H](c1cc(-c2cc(F)ccc2F)cn1Cc1ccccc1)N(CC[C@H](NC(=O)[C@H](CC(N)=O)NC(=O)OCc1ccccc1)C(=O)NCCCC(=O)CNC(=O)CCC(=O)O)C(=O)CO. The molecule has 370 valence electrons. The number of aliphatic hydroxyl groups excluding tert-OH is 1. The van der Waals surface area contributed by atoms with E-state index in [9.17, 15) is 47.9 Å². The van der Waals surface area contributed by atoms with Gasteiger partial charge in [-0.2, -0.15) is 0 Å². The lowest BCUT2D eigenvalue weighted by Gasteiger charge is -2.41. The van der Waals surface area contributed by atoms with Crippen molar-refractivity contribution in [1.29, 1.82) is 0 Å². The number of hydrogen-bond acceptors (Lipinski definition) is 10. The lowest BCUT2D eigenvalue weighted by Crippen LogP contribution is -2.55. The van der Waals surface area contributed by atoms with Crippen molar-refractivity contribution in [3.8, 4) is 11.1 Å². The van der Waals surface area contributed by atoms with Crippen molar-refractivity contribution >= 4 is 47.4 Å². The van der Waals surface area contributed by atoms with E-state index in [1.807, 2.05) is 51.1 Å². The van der Waals surface area contributed by atoms with Crippen LogP contribution in [0.5, 0.6) is 0 Å². The van der Waals surface area contributed by atoms with E-state index in [-0.39, 0.29) is 64.0 Å². The minimum atomic E-state index is -1.63. The Kier molecular flexibility index (Phi) is 20.5. The summed E-state index contributed by atoms with van der Waals surface area (Å²) in [6.45, 7) is 3.73. The summed E-state index contributed by atoms with van der Waals surface area (Å²) in [5.74, 6) is -7.18. The first kappa shape index (κ1) is 54.1. The van der Waals surface area contributed by atoms with E-state index in [1.165, 1.54) is 4.90 Å². The van der Waals surface area contributed by atoms with Gasteiger partial charge in [0, 0.05) is 55.5 Å². The van der Waals surface area contributed by atoms with Crippen LogP contribution in [0.2, 0.25) is 0 Å². The molecule has 0 spiro atoms. The number of aliphatic hydroxyl groups is 1. The molecule has 6 amide bonds. The molecule has 0 aliphatic carbocycles. The third-order valence-electron chi connectivity index (χ3n) is 10.7. The number of nitrogens with two attached hydrogens (primary N) is 1. The molecule has 18 nitrogen and oxygen atoms in total. The van der Waals surface area contributed by atoms with Gasteiger partial charge in [0.1, 0.15) is 36.9 Å². The van der Waals surface area contributed by atoms with Crippen LogP contribution in [0.1, 0.15) is 82.2 Å². The maximum Gasteiger partial charge on any atom is 0.408 e. The van der Waals surface area contributed by atoms with Gasteiger partial charge in [-0.15, -0.1) is 0 Å². The van der Waals surface area contributed by atoms with Crippen molar-refractivity contribution in [3.63, 3.8) is 0 Å². The summed E-state index contributed by atoms with van der Waals surface area (Å²) in [6, 6.07) is 18.4. The van der Waals surface area contributed by atoms with Gasteiger partial charge in [-0.1, -0.05) is 81.4 Å². The second kappa shape index (κ2) is 26.2. The first-order chi connectivity index (χ1) is 32.7. The molecule has 20 heteroatoms. The summed E-state index contributed by atoms with van der Waals surface area (Å²) in [7, 11) is 0. The van der Waals surface area contributed by atoms with Gasteiger partial charge in [-0.05, 0) is 53.6 Å². The zero-order valence-corrected chi connectivity index (χ0v) is 38.7. The number of nitrogens with zero attached hydrogens (tertiary/aromatic N) is 2. The number of amides is 6. The molecule has 1 heterocycles. The molecule has 3 aromatic carbocycles. The van der Waals surface area contributed by atoms with Crippen molar-refractivity contribution in [1.82, 2.24) is 30.7 Å². The fourth-order valence-corrected chi connectivity index (χ4v) is 7.44. The van der Waals surface area contributed by atoms with Crippen molar-refractivity contribution in [2.45, 2.75) is 90.6 Å². The number of carboxylic acid groups (broad SMARTS) is 1. The van der Waals surface area contributed by atoms with E-state index in [0.29, 0.717) is 16.8 Å². The number of nitrogens with one attached hydrogen (secondary N) is 4.